The third kappa shape index (κ3) is 4.51. The van der Waals surface area contributed by atoms with Gasteiger partial charge in [-0.3, -0.25) is 4.79 Å². The van der Waals surface area contributed by atoms with Crippen molar-refractivity contribution in [1.82, 2.24) is 5.32 Å². The third-order valence-corrected chi connectivity index (χ3v) is 4.78. The molecule has 2 rings (SSSR count). The van der Waals surface area contributed by atoms with Gasteiger partial charge in [-0.05, 0) is 74.6 Å². The number of aryl methyl sites for hydroxylation is 4. The Morgan fingerprint density at radius 1 is 1.04 bits per heavy atom. The van der Waals surface area contributed by atoms with E-state index in [1.165, 1.54) is 11.1 Å². The summed E-state index contributed by atoms with van der Waals surface area (Å²) >= 11 is 6.14. The molecule has 0 saturated carbocycles. The molecule has 0 aliphatic rings. The minimum absolute atomic E-state index is 0.0182. The van der Waals surface area contributed by atoms with E-state index in [0.717, 1.165) is 21.7 Å². The van der Waals surface area contributed by atoms with E-state index in [1.54, 1.807) is 0 Å². The highest BCUT2D eigenvalue weighted by Crippen LogP contribution is 2.25. The second kappa shape index (κ2) is 7.71. The smallest absolute Gasteiger partial charge is 0.258 e. The van der Waals surface area contributed by atoms with Crippen LogP contribution in [0.2, 0.25) is 5.02 Å². The van der Waals surface area contributed by atoms with Gasteiger partial charge in [0, 0.05) is 5.02 Å². The summed E-state index contributed by atoms with van der Waals surface area (Å²) in [5.74, 6) is 0.509. The lowest BCUT2D eigenvalue weighted by Crippen LogP contribution is -2.31. The molecule has 128 valence electrons. The van der Waals surface area contributed by atoms with Gasteiger partial charge in [-0.2, -0.15) is 0 Å². The summed E-state index contributed by atoms with van der Waals surface area (Å²) in [5.41, 5.74) is 5.43. The van der Waals surface area contributed by atoms with Crippen LogP contribution in [0, 0.1) is 27.7 Å². The number of ether oxygens (including phenoxy) is 1. The molecule has 4 heteroatoms. The predicted molar refractivity (Wildman–Crippen MR) is 98.9 cm³/mol. The lowest BCUT2D eigenvalue weighted by Gasteiger charge is -2.16. The van der Waals surface area contributed by atoms with E-state index in [4.69, 9.17) is 16.3 Å². The van der Waals surface area contributed by atoms with Gasteiger partial charge in [0.1, 0.15) is 5.75 Å². The van der Waals surface area contributed by atoms with Crippen molar-refractivity contribution in [3.63, 3.8) is 0 Å². The maximum absolute atomic E-state index is 12.1. The monoisotopic (exact) mass is 345 g/mol. The minimum Gasteiger partial charge on any atom is -0.484 e. The van der Waals surface area contributed by atoms with Crippen molar-refractivity contribution < 1.29 is 9.53 Å². The van der Waals surface area contributed by atoms with Crippen LogP contribution in [0.15, 0.2) is 30.3 Å². The quantitative estimate of drug-likeness (QED) is 0.842. The number of carbonyl (C=O) groups is 1. The van der Waals surface area contributed by atoms with E-state index >= 15 is 0 Å². The molecule has 0 aliphatic carbocycles. The van der Waals surface area contributed by atoms with Crippen LogP contribution >= 0.6 is 11.6 Å². The van der Waals surface area contributed by atoms with Crippen molar-refractivity contribution in [2.24, 2.45) is 0 Å². The predicted octanol–water partition coefficient (Wildman–Crippen LogP) is 4.83. The second-order valence-corrected chi connectivity index (χ2v) is 6.67. The molecule has 2 aromatic rings. The zero-order valence-corrected chi connectivity index (χ0v) is 15.6. The minimum atomic E-state index is -0.147. The largest absolute Gasteiger partial charge is 0.484 e. The van der Waals surface area contributed by atoms with Crippen LogP contribution in [0.3, 0.4) is 0 Å². The lowest BCUT2D eigenvalue weighted by molar-refractivity contribution is -0.123. The first-order valence-corrected chi connectivity index (χ1v) is 8.41. The van der Waals surface area contributed by atoms with E-state index < -0.39 is 0 Å². The second-order valence-electron chi connectivity index (χ2n) is 6.29. The van der Waals surface area contributed by atoms with Gasteiger partial charge in [0.25, 0.3) is 5.91 Å². The van der Waals surface area contributed by atoms with Crippen LogP contribution in [0.25, 0.3) is 0 Å². The molecule has 1 atom stereocenters. The number of rotatable bonds is 5. The third-order valence-electron chi connectivity index (χ3n) is 4.19. The van der Waals surface area contributed by atoms with Crippen molar-refractivity contribution in [2.45, 2.75) is 40.7 Å². The average Bonchev–Trinajstić information content (AvgIpc) is 2.53. The highest BCUT2D eigenvalue weighted by molar-refractivity contribution is 6.32. The summed E-state index contributed by atoms with van der Waals surface area (Å²) in [6, 6.07) is 9.84. The highest BCUT2D eigenvalue weighted by Gasteiger charge is 2.11. The van der Waals surface area contributed by atoms with E-state index in [-0.39, 0.29) is 18.6 Å². The summed E-state index contributed by atoms with van der Waals surface area (Å²) in [6.45, 7) is 9.94. The summed E-state index contributed by atoms with van der Waals surface area (Å²) < 4.78 is 5.59. The Bertz CT molecular complexity index is 732. The van der Waals surface area contributed by atoms with E-state index in [2.05, 4.69) is 31.3 Å². The van der Waals surface area contributed by atoms with Crippen LogP contribution in [0.4, 0.5) is 0 Å². The molecule has 0 bridgehead atoms. The Kier molecular flexibility index (Phi) is 5.89. The molecule has 0 saturated heterocycles. The Labute approximate surface area is 149 Å². The molecule has 3 nitrogen and oxygen atoms in total. The van der Waals surface area contributed by atoms with Gasteiger partial charge in [-0.25, -0.2) is 0 Å². The van der Waals surface area contributed by atoms with Crippen LogP contribution < -0.4 is 10.1 Å². The maximum Gasteiger partial charge on any atom is 0.258 e. The Morgan fingerprint density at radius 3 is 2.25 bits per heavy atom. The Morgan fingerprint density at radius 2 is 1.67 bits per heavy atom. The number of hydrogen-bond acceptors (Lipinski definition) is 2. The van der Waals surface area contributed by atoms with Gasteiger partial charge >= 0.3 is 0 Å². The first kappa shape index (κ1) is 18.3. The molecule has 1 N–H and O–H groups in total. The highest BCUT2D eigenvalue weighted by atomic mass is 35.5. The number of benzene rings is 2. The molecule has 2 aromatic carbocycles. The van der Waals surface area contributed by atoms with Crippen molar-refractivity contribution in [3.8, 4) is 5.75 Å². The summed E-state index contributed by atoms with van der Waals surface area (Å²) in [5, 5.41) is 3.70. The van der Waals surface area contributed by atoms with Gasteiger partial charge in [-0.1, -0.05) is 29.8 Å². The molecule has 0 spiro atoms. The van der Waals surface area contributed by atoms with Crippen molar-refractivity contribution in [1.29, 1.82) is 0 Å². The van der Waals surface area contributed by atoms with Crippen molar-refractivity contribution in [2.75, 3.05) is 6.61 Å². The molecule has 0 unspecified atom stereocenters. The molecule has 24 heavy (non-hydrogen) atoms. The van der Waals surface area contributed by atoms with Crippen molar-refractivity contribution in [3.05, 3.63) is 63.2 Å². The van der Waals surface area contributed by atoms with Gasteiger partial charge < -0.3 is 10.1 Å². The first-order valence-electron chi connectivity index (χ1n) is 8.04. The fraction of sp³-hybridized carbons (Fsp3) is 0.350. The maximum atomic E-state index is 12.1. The van der Waals surface area contributed by atoms with Gasteiger partial charge in [0.15, 0.2) is 6.61 Å². The Hall–Kier alpha value is -2.00. The Balaban J connectivity index is 1.94. The van der Waals surface area contributed by atoms with E-state index in [0.29, 0.717) is 5.75 Å². The molecule has 0 radical (unpaired) electrons. The van der Waals surface area contributed by atoms with Gasteiger partial charge in [0.2, 0.25) is 0 Å². The average molecular weight is 346 g/mol. The SMILES string of the molecule is Cc1ccc([C@@H](C)NC(=O)COc2cc(C)c(Cl)c(C)c2)cc1C. The fourth-order valence-corrected chi connectivity index (χ4v) is 2.65. The summed E-state index contributed by atoms with van der Waals surface area (Å²) in [6.07, 6.45) is 0. The van der Waals surface area contributed by atoms with Crippen LogP contribution in [0.5, 0.6) is 5.75 Å². The number of halogens is 1. The normalized spacial score (nSPS) is 11.9. The van der Waals surface area contributed by atoms with E-state index in [9.17, 15) is 4.79 Å². The topological polar surface area (TPSA) is 38.3 Å². The van der Waals surface area contributed by atoms with Crippen LogP contribution in [-0.4, -0.2) is 12.5 Å². The number of hydrogen-bond donors (Lipinski definition) is 1. The summed E-state index contributed by atoms with van der Waals surface area (Å²) in [4.78, 5) is 12.1. The first-order chi connectivity index (χ1) is 11.3. The molecule has 0 heterocycles. The fourth-order valence-electron chi connectivity index (χ4n) is 2.54. The van der Waals surface area contributed by atoms with E-state index in [1.807, 2.05) is 39.0 Å². The molecule has 0 aromatic heterocycles. The van der Waals surface area contributed by atoms with Crippen LogP contribution in [0.1, 0.15) is 40.8 Å². The number of nitrogens with one attached hydrogen (secondary N) is 1. The number of amides is 1. The molecule has 1 amide bonds. The standard InChI is InChI=1S/C20H24ClNO2/c1-12-6-7-17(8-13(12)2)16(5)22-19(23)11-24-18-9-14(3)20(21)15(4)10-18/h6-10,16H,11H2,1-5H3,(H,22,23)/t16-/m1/s1. The summed E-state index contributed by atoms with van der Waals surface area (Å²) in [7, 11) is 0. The number of carbonyl (C=O) groups excluding carboxylic acids is 1. The zero-order chi connectivity index (χ0) is 17.9. The van der Waals surface area contributed by atoms with Gasteiger partial charge in [0.05, 0.1) is 6.04 Å². The van der Waals surface area contributed by atoms with Crippen molar-refractivity contribution >= 4 is 17.5 Å². The molecule has 0 aliphatic heterocycles. The van der Waals surface area contributed by atoms with Gasteiger partial charge in [-0.15, -0.1) is 0 Å². The van der Waals surface area contributed by atoms with Crippen LogP contribution in [-0.2, 0) is 4.79 Å². The lowest BCUT2D eigenvalue weighted by atomic mass is 10.0. The molecular weight excluding hydrogens is 322 g/mol. The molecular formula is C20H24ClNO2. The molecule has 0 fully saturated rings. The zero-order valence-electron chi connectivity index (χ0n) is 14.9.